The summed E-state index contributed by atoms with van der Waals surface area (Å²) in [5.41, 5.74) is 2.15. The van der Waals surface area contributed by atoms with Crippen LogP contribution < -0.4 is 0 Å². The average molecular weight is 329 g/mol. The van der Waals surface area contributed by atoms with Crippen LogP contribution in [0.4, 0.5) is 0 Å². The van der Waals surface area contributed by atoms with Crippen molar-refractivity contribution in [3.8, 4) is 0 Å². The quantitative estimate of drug-likeness (QED) is 0.873. The number of rotatable bonds is 4. The second-order valence-electron chi connectivity index (χ2n) is 6.17. The molecule has 2 saturated heterocycles. The van der Waals surface area contributed by atoms with E-state index in [2.05, 4.69) is 21.8 Å². The highest BCUT2D eigenvalue weighted by molar-refractivity contribution is 6.30. The molecule has 2 atom stereocenters. The molecule has 2 aliphatic heterocycles. The van der Waals surface area contributed by atoms with Crippen molar-refractivity contribution in [1.29, 1.82) is 0 Å². The van der Waals surface area contributed by atoms with E-state index < -0.39 is 0 Å². The second-order valence-corrected chi connectivity index (χ2v) is 6.53. The third-order valence-corrected chi connectivity index (χ3v) is 5.19. The molecule has 0 radical (unpaired) electrons. The predicted octanol–water partition coefficient (Wildman–Crippen LogP) is 0.513. The number of halogens is 1. The third kappa shape index (κ3) is 3.16. The number of ether oxygens (including phenoxy) is 1. The van der Waals surface area contributed by atoms with Gasteiger partial charge >= 0.3 is 0 Å². The molecule has 0 amide bonds. The Labute approximate surface area is 136 Å². The number of hydrogen-bond acceptors (Lipinski definition) is 5. The number of morpholine rings is 1. The standard InChI is InChI=1S/C15H25ClN4O2/c1-3-12-11(15(16)18(2)17-12)8-19-9-13(14(21)10-19)20-4-6-22-7-5-20/h13-14,21H,3-10H2,1-2H3. The summed E-state index contributed by atoms with van der Waals surface area (Å²) in [4.78, 5) is 4.63. The van der Waals surface area contributed by atoms with E-state index in [1.165, 1.54) is 0 Å². The van der Waals surface area contributed by atoms with Crippen LogP contribution in [0.3, 0.4) is 0 Å². The van der Waals surface area contributed by atoms with Crippen LogP contribution in [0, 0.1) is 0 Å². The Morgan fingerprint density at radius 3 is 2.73 bits per heavy atom. The van der Waals surface area contributed by atoms with Gasteiger partial charge in [-0.05, 0) is 6.42 Å². The Hall–Kier alpha value is -0.660. The molecule has 22 heavy (non-hydrogen) atoms. The fraction of sp³-hybridized carbons (Fsp3) is 0.800. The van der Waals surface area contributed by atoms with Crippen molar-refractivity contribution in [3.05, 3.63) is 16.4 Å². The maximum absolute atomic E-state index is 10.4. The zero-order valence-corrected chi connectivity index (χ0v) is 14.1. The molecule has 2 fully saturated rings. The van der Waals surface area contributed by atoms with Crippen LogP contribution in [0.25, 0.3) is 0 Å². The molecule has 1 aromatic heterocycles. The number of β-amino-alcohol motifs (C(OH)–C–C–N with tert-alkyl or cyclic N) is 1. The normalized spacial score (nSPS) is 27.6. The van der Waals surface area contributed by atoms with Crippen LogP contribution in [-0.2, 0) is 24.8 Å². The van der Waals surface area contributed by atoms with E-state index in [4.69, 9.17) is 16.3 Å². The molecule has 7 heteroatoms. The van der Waals surface area contributed by atoms with E-state index in [0.717, 1.165) is 57.1 Å². The van der Waals surface area contributed by atoms with Crippen molar-refractivity contribution in [2.45, 2.75) is 32.0 Å². The number of hydrogen-bond donors (Lipinski definition) is 1. The molecule has 0 aliphatic carbocycles. The molecule has 3 rings (SSSR count). The van der Waals surface area contributed by atoms with Gasteiger partial charge in [-0.15, -0.1) is 0 Å². The lowest BCUT2D eigenvalue weighted by Crippen LogP contribution is -2.48. The first kappa shape index (κ1) is 16.2. The van der Waals surface area contributed by atoms with Crippen molar-refractivity contribution < 1.29 is 9.84 Å². The molecule has 1 aromatic rings. The number of likely N-dealkylation sites (tertiary alicyclic amines) is 1. The third-order valence-electron chi connectivity index (χ3n) is 4.72. The first-order chi connectivity index (χ1) is 10.6. The summed E-state index contributed by atoms with van der Waals surface area (Å²) in [6, 6.07) is 0.199. The Kier molecular flexibility index (Phi) is 5.04. The summed E-state index contributed by atoms with van der Waals surface area (Å²) in [7, 11) is 1.88. The lowest BCUT2D eigenvalue weighted by molar-refractivity contribution is -0.00618. The van der Waals surface area contributed by atoms with E-state index in [1.54, 1.807) is 4.68 Å². The second kappa shape index (κ2) is 6.84. The predicted molar refractivity (Wildman–Crippen MR) is 85.1 cm³/mol. The van der Waals surface area contributed by atoms with Gasteiger partial charge in [-0.2, -0.15) is 5.10 Å². The van der Waals surface area contributed by atoms with Crippen molar-refractivity contribution in [2.75, 3.05) is 39.4 Å². The molecule has 1 N–H and O–H groups in total. The molecule has 0 spiro atoms. The molecule has 6 nitrogen and oxygen atoms in total. The number of aryl methyl sites for hydroxylation is 2. The Bertz CT molecular complexity index is 516. The van der Waals surface area contributed by atoms with Gasteiger partial charge in [0.25, 0.3) is 0 Å². The van der Waals surface area contributed by atoms with E-state index >= 15 is 0 Å². The molecular formula is C15H25ClN4O2. The summed E-state index contributed by atoms with van der Waals surface area (Å²) in [5.74, 6) is 0. The van der Waals surface area contributed by atoms with Gasteiger partial charge in [-0.1, -0.05) is 18.5 Å². The number of aliphatic hydroxyl groups excluding tert-OH is 1. The number of aliphatic hydroxyl groups is 1. The highest BCUT2D eigenvalue weighted by Gasteiger charge is 2.36. The Morgan fingerprint density at radius 2 is 2.05 bits per heavy atom. The van der Waals surface area contributed by atoms with Gasteiger partial charge in [0.2, 0.25) is 0 Å². The largest absolute Gasteiger partial charge is 0.390 e. The lowest BCUT2D eigenvalue weighted by Gasteiger charge is -2.33. The molecule has 0 saturated carbocycles. The molecular weight excluding hydrogens is 304 g/mol. The number of aromatic nitrogens is 2. The van der Waals surface area contributed by atoms with Crippen LogP contribution in [0.2, 0.25) is 5.15 Å². The van der Waals surface area contributed by atoms with Crippen LogP contribution in [0.15, 0.2) is 0 Å². The topological polar surface area (TPSA) is 53.8 Å². The fourth-order valence-electron chi connectivity index (χ4n) is 3.51. The highest BCUT2D eigenvalue weighted by atomic mass is 35.5. The van der Waals surface area contributed by atoms with Gasteiger partial charge in [0.15, 0.2) is 0 Å². The van der Waals surface area contributed by atoms with Crippen LogP contribution in [0.5, 0.6) is 0 Å². The zero-order valence-electron chi connectivity index (χ0n) is 13.3. The summed E-state index contributed by atoms with van der Waals surface area (Å²) in [6.45, 7) is 7.75. The van der Waals surface area contributed by atoms with Crippen molar-refractivity contribution in [1.82, 2.24) is 19.6 Å². The fourth-order valence-corrected chi connectivity index (χ4v) is 3.71. The van der Waals surface area contributed by atoms with E-state index in [9.17, 15) is 5.11 Å². The van der Waals surface area contributed by atoms with Gasteiger partial charge < -0.3 is 9.84 Å². The van der Waals surface area contributed by atoms with Gasteiger partial charge in [-0.25, -0.2) is 0 Å². The minimum Gasteiger partial charge on any atom is -0.390 e. The Morgan fingerprint density at radius 1 is 1.32 bits per heavy atom. The van der Waals surface area contributed by atoms with Crippen molar-refractivity contribution in [2.24, 2.45) is 7.05 Å². The van der Waals surface area contributed by atoms with E-state index in [0.29, 0.717) is 11.7 Å². The maximum Gasteiger partial charge on any atom is 0.131 e. The molecule has 124 valence electrons. The van der Waals surface area contributed by atoms with Gasteiger partial charge in [-0.3, -0.25) is 14.5 Å². The summed E-state index contributed by atoms with van der Waals surface area (Å²) >= 11 is 6.38. The summed E-state index contributed by atoms with van der Waals surface area (Å²) in [5, 5.41) is 15.6. The van der Waals surface area contributed by atoms with Gasteiger partial charge in [0, 0.05) is 51.4 Å². The average Bonchev–Trinajstić information content (AvgIpc) is 3.03. The number of nitrogens with zero attached hydrogens (tertiary/aromatic N) is 4. The van der Waals surface area contributed by atoms with Crippen LogP contribution >= 0.6 is 11.6 Å². The van der Waals surface area contributed by atoms with Gasteiger partial charge in [0.05, 0.1) is 25.0 Å². The zero-order chi connectivity index (χ0) is 15.7. The van der Waals surface area contributed by atoms with E-state index in [-0.39, 0.29) is 12.1 Å². The van der Waals surface area contributed by atoms with E-state index in [1.807, 2.05) is 7.05 Å². The molecule has 2 aliphatic rings. The maximum atomic E-state index is 10.4. The molecule has 0 aromatic carbocycles. The molecule has 2 unspecified atom stereocenters. The lowest BCUT2D eigenvalue weighted by atomic mass is 10.1. The summed E-state index contributed by atoms with van der Waals surface area (Å²) in [6.07, 6.45) is 0.567. The monoisotopic (exact) mass is 328 g/mol. The smallest absolute Gasteiger partial charge is 0.131 e. The molecule has 0 bridgehead atoms. The first-order valence-corrected chi connectivity index (χ1v) is 8.40. The SMILES string of the molecule is CCc1nn(C)c(Cl)c1CN1CC(O)C(N2CCOCC2)C1. The highest BCUT2D eigenvalue weighted by Crippen LogP contribution is 2.25. The Balaban J connectivity index is 1.67. The van der Waals surface area contributed by atoms with Gasteiger partial charge in [0.1, 0.15) is 5.15 Å². The van der Waals surface area contributed by atoms with Crippen LogP contribution in [-0.4, -0.2) is 76.2 Å². The van der Waals surface area contributed by atoms with Crippen molar-refractivity contribution >= 4 is 11.6 Å². The van der Waals surface area contributed by atoms with Crippen LogP contribution in [0.1, 0.15) is 18.2 Å². The molecule has 3 heterocycles. The van der Waals surface area contributed by atoms with Crippen molar-refractivity contribution in [3.63, 3.8) is 0 Å². The minimum atomic E-state index is -0.307. The summed E-state index contributed by atoms with van der Waals surface area (Å²) < 4.78 is 7.14. The first-order valence-electron chi connectivity index (χ1n) is 8.02. The minimum absolute atomic E-state index is 0.199.